The Balaban J connectivity index is 1.90. The summed E-state index contributed by atoms with van der Waals surface area (Å²) in [4.78, 5) is 25.9. The summed E-state index contributed by atoms with van der Waals surface area (Å²) in [7, 11) is -2.09. The minimum atomic E-state index is -3.45. The molecule has 1 aliphatic heterocycles. The van der Waals surface area contributed by atoms with Crippen molar-refractivity contribution in [3.63, 3.8) is 0 Å². The van der Waals surface area contributed by atoms with Crippen LogP contribution in [0.15, 0.2) is 35.2 Å². The molecule has 0 bridgehead atoms. The van der Waals surface area contributed by atoms with Gasteiger partial charge in [-0.2, -0.15) is 0 Å². The number of amides is 1. The third kappa shape index (κ3) is 6.24. The van der Waals surface area contributed by atoms with E-state index in [0.717, 1.165) is 23.9 Å². The fraction of sp³-hybridized carbons (Fsp3) is 0.364. The lowest BCUT2D eigenvalue weighted by atomic mass is 9.97. The van der Waals surface area contributed by atoms with E-state index in [4.69, 9.17) is 32.7 Å². The van der Waals surface area contributed by atoms with Gasteiger partial charge < -0.3 is 20.1 Å². The molecular formula is C22H24Cl2N2O6S. The Bertz CT molecular complexity index is 1170. The minimum absolute atomic E-state index is 0.0122. The number of fused-ring (bicyclic) bond motifs is 1. The average Bonchev–Trinajstić information content (AvgIpc) is 2.76. The molecule has 0 saturated heterocycles. The first-order chi connectivity index (χ1) is 15.6. The maximum Gasteiger partial charge on any atom is 0.331 e. The molecule has 1 amide bonds. The van der Waals surface area contributed by atoms with Crippen molar-refractivity contribution in [2.75, 3.05) is 26.7 Å². The smallest absolute Gasteiger partial charge is 0.331 e. The third-order valence-corrected chi connectivity index (χ3v) is 7.01. The van der Waals surface area contributed by atoms with Crippen molar-refractivity contribution >= 4 is 44.9 Å². The van der Waals surface area contributed by atoms with Crippen LogP contribution in [0.3, 0.4) is 0 Å². The zero-order valence-corrected chi connectivity index (χ0v) is 20.4. The molecule has 11 heteroatoms. The molecule has 0 radical (unpaired) electrons. The summed E-state index contributed by atoms with van der Waals surface area (Å²) >= 11 is 12.9. The van der Waals surface area contributed by atoms with Crippen molar-refractivity contribution in [2.45, 2.75) is 30.3 Å². The topological polar surface area (TPSA) is 111 Å². The largest absolute Gasteiger partial charge is 0.437 e. The van der Waals surface area contributed by atoms with Gasteiger partial charge in [-0.25, -0.2) is 13.2 Å². The van der Waals surface area contributed by atoms with E-state index in [1.165, 1.54) is 19.2 Å². The first kappa shape index (κ1) is 25.5. The third-order valence-electron chi connectivity index (χ3n) is 5.18. The molecule has 1 atom stereocenters. The number of esters is 1. The normalized spacial score (nSPS) is 14.3. The number of halogens is 2. The summed E-state index contributed by atoms with van der Waals surface area (Å²) in [5, 5.41) is 6.27. The highest BCUT2D eigenvalue weighted by Gasteiger charge is 2.28. The summed E-state index contributed by atoms with van der Waals surface area (Å²) in [5.41, 5.74) is 2.35. The highest BCUT2D eigenvalue weighted by Crippen LogP contribution is 2.33. The Kier molecular flexibility index (Phi) is 8.36. The molecule has 2 aromatic carbocycles. The van der Waals surface area contributed by atoms with Crippen LogP contribution in [0.5, 0.6) is 0 Å². The van der Waals surface area contributed by atoms with E-state index in [2.05, 4.69) is 10.6 Å². The lowest BCUT2D eigenvalue weighted by molar-refractivity contribution is -0.156. The predicted octanol–water partition coefficient (Wildman–Crippen LogP) is 2.53. The van der Waals surface area contributed by atoms with Crippen LogP contribution < -0.4 is 10.6 Å². The molecule has 0 aromatic heterocycles. The van der Waals surface area contributed by atoms with E-state index < -0.39 is 27.8 Å². The van der Waals surface area contributed by atoms with Gasteiger partial charge in [-0.05, 0) is 47.9 Å². The van der Waals surface area contributed by atoms with E-state index in [9.17, 15) is 18.0 Å². The van der Waals surface area contributed by atoms with Crippen LogP contribution in [0.25, 0.3) is 0 Å². The number of benzene rings is 2. The molecule has 178 valence electrons. The SMILES string of the molecule is COCOC(=O)[C@H](Cc1cccc(S(C)(=O)=O)c1)NC(=O)c1c(Cl)cc2c(c1Cl)CCNC2. The Morgan fingerprint density at radius 1 is 1.24 bits per heavy atom. The highest BCUT2D eigenvalue weighted by atomic mass is 35.5. The first-order valence-electron chi connectivity index (χ1n) is 10.1. The Hall–Kier alpha value is -2.17. The van der Waals surface area contributed by atoms with E-state index >= 15 is 0 Å². The lowest BCUT2D eigenvalue weighted by Gasteiger charge is -2.22. The van der Waals surface area contributed by atoms with Crippen molar-refractivity contribution < 1.29 is 27.5 Å². The molecule has 0 spiro atoms. The van der Waals surface area contributed by atoms with Crippen molar-refractivity contribution in [1.29, 1.82) is 0 Å². The molecule has 2 N–H and O–H groups in total. The Morgan fingerprint density at radius 3 is 2.70 bits per heavy atom. The zero-order valence-electron chi connectivity index (χ0n) is 18.1. The summed E-state index contributed by atoms with van der Waals surface area (Å²) in [5.74, 6) is -1.38. The van der Waals surface area contributed by atoms with Gasteiger partial charge in [0.1, 0.15) is 6.04 Å². The van der Waals surface area contributed by atoms with Gasteiger partial charge in [-0.15, -0.1) is 0 Å². The van der Waals surface area contributed by atoms with Crippen molar-refractivity contribution in [3.05, 3.63) is 62.6 Å². The van der Waals surface area contributed by atoms with Gasteiger partial charge in [0.25, 0.3) is 5.91 Å². The molecule has 1 aliphatic rings. The maximum atomic E-state index is 13.1. The fourth-order valence-electron chi connectivity index (χ4n) is 3.56. The molecule has 0 saturated carbocycles. The molecule has 2 aromatic rings. The molecular weight excluding hydrogens is 491 g/mol. The zero-order chi connectivity index (χ0) is 24.2. The number of rotatable bonds is 8. The molecule has 0 fully saturated rings. The number of nitrogens with one attached hydrogen (secondary N) is 2. The van der Waals surface area contributed by atoms with Crippen LogP contribution in [0, 0.1) is 0 Å². The second-order valence-corrected chi connectivity index (χ2v) is 10.4. The fourth-order valence-corrected chi connectivity index (χ4v) is 5.02. The van der Waals surface area contributed by atoms with Crippen molar-refractivity contribution in [2.24, 2.45) is 0 Å². The van der Waals surface area contributed by atoms with Gasteiger partial charge in [-0.3, -0.25) is 4.79 Å². The minimum Gasteiger partial charge on any atom is -0.437 e. The van der Waals surface area contributed by atoms with E-state index in [-0.39, 0.29) is 33.7 Å². The number of sulfone groups is 1. The van der Waals surface area contributed by atoms with E-state index in [1.54, 1.807) is 18.2 Å². The van der Waals surface area contributed by atoms with Crippen LogP contribution >= 0.6 is 23.2 Å². The molecule has 33 heavy (non-hydrogen) atoms. The highest BCUT2D eigenvalue weighted by molar-refractivity contribution is 7.90. The van der Waals surface area contributed by atoms with Gasteiger partial charge in [0.05, 0.1) is 20.5 Å². The summed E-state index contributed by atoms with van der Waals surface area (Å²) in [6.07, 6.45) is 1.72. The maximum absolute atomic E-state index is 13.1. The first-order valence-corrected chi connectivity index (χ1v) is 12.7. The van der Waals surface area contributed by atoms with Crippen molar-refractivity contribution in [3.8, 4) is 0 Å². The Labute approximate surface area is 202 Å². The van der Waals surface area contributed by atoms with Crippen LogP contribution in [0.2, 0.25) is 10.0 Å². The average molecular weight is 515 g/mol. The number of ether oxygens (including phenoxy) is 2. The summed E-state index contributed by atoms with van der Waals surface area (Å²) in [6.45, 7) is 1.01. The number of hydrogen-bond acceptors (Lipinski definition) is 7. The quantitative estimate of drug-likeness (QED) is 0.411. The van der Waals surface area contributed by atoms with Gasteiger partial charge in [-0.1, -0.05) is 35.3 Å². The number of carbonyl (C=O) groups excluding carboxylic acids is 2. The predicted molar refractivity (Wildman–Crippen MR) is 124 cm³/mol. The van der Waals surface area contributed by atoms with Crippen molar-refractivity contribution in [1.82, 2.24) is 10.6 Å². The molecule has 1 heterocycles. The molecule has 0 unspecified atom stereocenters. The number of hydrogen-bond donors (Lipinski definition) is 2. The van der Waals surface area contributed by atoms with E-state index in [1.807, 2.05) is 0 Å². The van der Waals surface area contributed by atoms with Crippen LogP contribution in [0.1, 0.15) is 27.0 Å². The summed E-state index contributed by atoms with van der Waals surface area (Å²) in [6, 6.07) is 6.69. The molecule has 3 rings (SSSR count). The monoisotopic (exact) mass is 514 g/mol. The second kappa shape index (κ2) is 10.8. The number of methoxy groups -OCH3 is 1. The second-order valence-electron chi connectivity index (χ2n) is 7.63. The standard InChI is InChI=1S/C22H24Cl2N2O6S/c1-31-12-32-22(28)18(9-13-4-3-5-15(8-13)33(2,29)30)26-21(27)19-17(23)10-14-11-25-7-6-16(14)20(19)24/h3-5,8,10,18,25H,6-7,9,11-12H2,1-2H3,(H,26,27)/t18-/m0/s1. The Morgan fingerprint density at radius 2 is 2.00 bits per heavy atom. The van der Waals surface area contributed by atoms with Crippen LogP contribution in [-0.2, 0) is 43.5 Å². The van der Waals surface area contributed by atoms with Gasteiger partial charge in [0.2, 0.25) is 0 Å². The van der Waals surface area contributed by atoms with Crippen LogP contribution in [0.4, 0.5) is 0 Å². The lowest BCUT2D eigenvalue weighted by Crippen LogP contribution is -2.44. The number of carbonyl (C=O) groups is 2. The van der Waals surface area contributed by atoms with Gasteiger partial charge in [0, 0.05) is 26.3 Å². The summed E-state index contributed by atoms with van der Waals surface area (Å²) < 4.78 is 33.6. The van der Waals surface area contributed by atoms with Crippen LogP contribution in [-0.4, -0.2) is 53.0 Å². The molecule has 0 aliphatic carbocycles. The van der Waals surface area contributed by atoms with Gasteiger partial charge >= 0.3 is 5.97 Å². The van der Waals surface area contributed by atoms with E-state index in [0.29, 0.717) is 18.5 Å². The molecule has 8 nitrogen and oxygen atoms in total. The van der Waals surface area contributed by atoms with Gasteiger partial charge in [0.15, 0.2) is 16.6 Å².